The van der Waals surface area contributed by atoms with Gasteiger partial charge in [0.05, 0.1) is 6.04 Å². The van der Waals surface area contributed by atoms with E-state index in [0.29, 0.717) is 6.54 Å². The number of rotatable bonds is 5. The van der Waals surface area contributed by atoms with Gasteiger partial charge in [-0.2, -0.15) is 0 Å². The third-order valence-corrected chi connectivity index (χ3v) is 3.82. The summed E-state index contributed by atoms with van der Waals surface area (Å²) in [7, 11) is 0. The monoisotopic (exact) mass is 333 g/mol. The number of likely N-dealkylation sites (N-methyl/N-ethyl adjacent to an activating group) is 1. The third kappa shape index (κ3) is 3.38. The Bertz CT molecular complexity index is 520. The first-order chi connectivity index (χ1) is 9.65. The average Bonchev–Trinajstić information content (AvgIpc) is 2.44. The van der Waals surface area contributed by atoms with Gasteiger partial charge in [-0.3, -0.25) is 4.98 Å². The molecule has 20 heavy (non-hydrogen) atoms. The minimum atomic E-state index is 0.131. The summed E-state index contributed by atoms with van der Waals surface area (Å²) in [5.74, 6) is 0. The molecule has 1 aromatic carbocycles. The van der Waals surface area contributed by atoms with E-state index >= 15 is 0 Å². The van der Waals surface area contributed by atoms with Crippen LogP contribution in [0.5, 0.6) is 0 Å². The fourth-order valence-corrected chi connectivity index (χ4v) is 2.83. The van der Waals surface area contributed by atoms with Crippen molar-refractivity contribution in [3.8, 4) is 0 Å². The predicted octanol–water partition coefficient (Wildman–Crippen LogP) is 3.68. The number of halogens is 1. The molecule has 0 aliphatic carbocycles. The van der Waals surface area contributed by atoms with Gasteiger partial charge < -0.3 is 10.6 Å². The van der Waals surface area contributed by atoms with E-state index in [0.717, 1.165) is 16.6 Å². The van der Waals surface area contributed by atoms with E-state index in [1.807, 2.05) is 6.20 Å². The van der Waals surface area contributed by atoms with Crippen molar-refractivity contribution in [2.24, 2.45) is 5.73 Å². The Morgan fingerprint density at radius 2 is 2.10 bits per heavy atom. The van der Waals surface area contributed by atoms with Crippen molar-refractivity contribution in [2.45, 2.75) is 19.9 Å². The number of nitrogens with zero attached hydrogens (tertiary/aromatic N) is 2. The lowest BCUT2D eigenvalue weighted by atomic mass is 10.1. The fraction of sp³-hybridized carbons (Fsp3) is 0.312. The maximum Gasteiger partial charge on any atom is 0.0680 e. The Morgan fingerprint density at radius 1 is 1.30 bits per heavy atom. The van der Waals surface area contributed by atoms with Crippen LogP contribution >= 0.6 is 15.9 Å². The van der Waals surface area contributed by atoms with Crippen LogP contribution in [0.4, 0.5) is 5.69 Å². The zero-order valence-electron chi connectivity index (χ0n) is 11.9. The molecule has 2 rings (SSSR count). The van der Waals surface area contributed by atoms with Crippen LogP contribution in [-0.2, 0) is 0 Å². The maximum absolute atomic E-state index is 6.02. The zero-order valence-corrected chi connectivity index (χ0v) is 13.5. The van der Waals surface area contributed by atoms with Crippen LogP contribution < -0.4 is 10.6 Å². The zero-order chi connectivity index (χ0) is 14.5. The Balaban J connectivity index is 2.37. The number of benzene rings is 1. The lowest BCUT2D eigenvalue weighted by Crippen LogP contribution is -2.33. The molecule has 0 aliphatic heterocycles. The molecule has 0 saturated carbocycles. The molecule has 3 nitrogen and oxygen atoms in total. The number of aromatic nitrogens is 1. The normalized spacial score (nSPS) is 12.2. The summed E-state index contributed by atoms with van der Waals surface area (Å²) in [6, 6.07) is 10.7. The number of aryl methyl sites for hydroxylation is 1. The first kappa shape index (κ1) is 15.0. The SMILES string of the molecule is CCN(c1cccc(C)c1)C(CN)c1cncc(Br)c1. The Hall–Kier alpha value is -1.39. The second kappa shape index (κ2) is 6.86. The molecule has 1 atom stereocenters. The smallest absolute Gasteiger partial charge is 0.0680 e. The Labute approximate surface area is 129 Å². The van der Waals surface area contributed by atoms with Gasteiger partial charge in [0.25, 0.3) is 0 Å². The van der Waals surface area contributed by atoms with Gasteiger partial charge in [0.2, 0.25) is 0 Å². The maximum atomic E-state index is 6.02. The predicted molar refractivity (Wildman–Crippen MR) is 87.9 cm³/mol. The van der Waals surface area contributed by atoms with E-state index in [9.17, 15) is 0 Å². The topological polar surface area (TPSA) is 42.1 Å². The molecule has 1 aromatic heterocycles. The third-order valence-electron chi connectivity index (χ3n) is 3.38. The highest BCUT2D eigenvalue weighted by Gasteiger charge is 2.18. The van der Waals surface area contributed by atoms with Crippen molar-refractivity contribution in [3.63, 3.8) is 0 Å². The first-order valence-electron chi connectivity index (χ1n) is 6.79. The fourth-order valence-electron chi connectivity index (χ4n) is 2.44. The molecule has 2 N–H and O–H groups in total. The molecule has 0 amide bonds. The molecule has 0 radical (unpaired) electrons. The van der Waals surface area contributed by atoms with Crippen molar-refractivity contribution >= 4 is 21.6 Å². The van der Waals surface area contributed by atoms with Gasteiger partial charge in [-0.05, 0) is 59.1 Å². The minimum Gasteiger partial charge on any atom is -0.363 e. The van der Waals surface area contributed by atoms with Crippen LogP contribution in [0.3, 0.4) is 0 Å². The van der Waals surface area contributed by atoms with E-state index in [1.54, 1.807) is 6.20 Å². The largest absolute Gasteiger partial charge is 0.363 e. The molecular weight excluding hydrogens is 314 g/mol. The molecule has 1 unspecified atom stereocenters. The van der Waals surface area contributed by atoms with Gasteiger partial charge in [0, 0.05) is 35.6 Å². The summed E-state index contributed by atoms with van der Waals surface area (Å²) < 4.78 is 0.980. The van der Waals surface area contributed by atoms with Crippen LogP contribution in [-0.4, -0.2) is 18.1 Å². The van der Waals surface area contributed by atoms with Crippen molar-refractivity contribution < 1.29 is 0 Å². The Morgan fingerprint density at radius 3 is 2.70 bits per heavy atom. The highest BCUT2D eigenvalue weighted by molar-refractivity contribution is 9.10. The summed E-state index contributed by atoms with van der Waals surface area (Å²) in [6.07, 6.45) is 3.68. The summed E-state index contributed by atoms with van der Waals surface area (Å²) in [6.45, 7) is 5.71. The summed E-state index contributed by atoms with van der Waals surface area (Å²) >= 11 is 3.48. The lowest BCUT2D eigenvalue weighted by molar-refractivity contribution is 0.640. The number of hydrogen-bond acceptors (Lipinski definition) is 3. The van der Waals surface area contributed by atoms with Crippen LogP contribution in [0, 0.1) is 6.92 Å². The van der Waals surface area contributed by atoms with Crippen LogP contribution in [0.15, 0.2) is 47.2 Å². The number of nitrogens with two attached hydrogens (primary N) is 1. The van der Waals surface area contributed by atoms with Gasteiger partial charge in [0.15, 0.2) is 0 Å². The lowest BCUT2D eigenvalue weighted by Gasteiger charge is -2.32. The molecule has 4 heteroatoms. The molecule has 0 spiro atoms. The van der Waals surface area contributed by atoms with Crippen LogP contribution in [0.2, 0.25) is 0 Å². The highest BCUT2D eigenvalue weighted by Crippen LogP contribution is 2.27. The second-order valence-corrected chi connectivity index (χ2v) is 5.73. The molecule has 0 saturated heterocycles. The summed E-state index contributed by atoms with van der Waals surface area (Å²) in [4.78, 5) is 6.57. The highest BCUT2D eigenvalue weighted by atomic mass is 79.9. The van der Waals surface area contributed by atoms with Crippen LogP contribution in [0.25, 0.3) is 0 Å². The molecule has 0 fully saturated rings. The van der Waals surface area contributed by atoms with Crippen molar-refractivity contribution in [1.29, 1.82) is 0 Å². The Kier molecular flexibility index (Phi) is 5.15. The quantitative estimate of drug-likeness (QED) is 0.907. The number of pyridine rings is 1. The molecule has 106 valence electrons. The van der Waals surface area contributed by atoms with Gasteiger partial charge in [-0.1, -0.05) is 12.1 Å². The van der Waals surface area contributed by atoms with Gasteiger partial charge in [0.1, 0.15) is 0 Å². The van der Waals surface area contributed by atoms with Gasteiger partial charge >= 0.3 is 0 Å². The van der Waals surface area contributed by atoms with Crippen molar-refractivity contribution in [2.75, 3.05) is 18.0 Å². The van der Waals surface area contributed by atoms with Crippen LogP contribution in [0.1, 0.15) is 24.1 Å². The van der Waals surface area contributed by atoms with E-state index < -0.39 is 0 Å². The molecule has 0 bridgehead atoms. The van der Waals surface area contributed by atoms with E-state index in [4.69, 9.17) is 5.73 Å². The second-order valence-electron chi connectivity index (χ2n) is 4.81. The van der Waals surface area contributed by atoms with Gasteiger partial charge in [-0.15, -0.1) is 0 Å². The summed E-state index contributed by atoms with van der Waals surface area (Å²) in [5.41, 5.74) is 9.60. The molecule has 2 aromatic rings. The minimum absolute atomic E-state index is 0.131. The standard InChI is InChI=1S/C16H20BrN3/c1-3-20(15-6-4-5-12(2)7-15)16(9-18)13-8-14(17)11-19-10-13/h4-8,10-11,16H,3,9,18H2,1-2H3. The number of anilines is 1. The van der Waals surface area contributed by atoms with Gasteiger partial charge in [-0.25, -0.2) is 0 Å². The molecule has 0 aliphatic rings. The molecular formula is C16H20BrN3. The first-order valence-corrected chi connectivity index (χ1v) is 7.58. The van der Waals surface area contributed by atoms with Crippen molar-refractivity contribution in [3.05, 3.63) is 58.3 Å². The number of hydrogen-bond donors (Lipinski definition) is 1. The average molecular weight is 334 g/mol. The van der Waals surface area contributed by atoms with E-state index in [1.165, 1.54) is 11.3 Å². The van der Waals surface area contributed by atoms with E-state index in [-0.39, 0.29) is 6.04 Å². The summed E-state index contributed by atoms with van der Waals surface area (Å²) in [5, 5.41) is 0. The molecule has 1 heterocycles. The van der Waals surface area contributed by atoms with E-state index in [2.05, 4.69) is 70.0 Å². The van der Waals surface area contributed by atoms with Crippen molar-refractivity contribution in [1.82, 2.24) is 4.98 Å².